The van der Waals surface area contributed by atoms with Gasteiger partial charge in [0.2, 0.25) is 0 Å². The molecule has 25 heavy (non-hydrogen) atoms. The van der Waals surface area contributed by atoms with Crippen LogP contribution in [0.2, 0.25) is 0 Å². The lowest BCUT2D eigenvalue weighted by atomic mass is 9.61. The molecule has 5 atom stereocenters. The maximum atomic E-state index is 14.0. The summed E-state index contributed by atoms with van der Waals surface area (Å²) < 4.78 is 41.1. The van der Waals surface area contributed by atoms with Gasteiger partial charge in [-0.1, -0.05) is 19.8 Å². The van der Waals surface area contributed by atoms with Gasteiger partial charge in [0.1, 0.15) is 0 Å². The topological polar surface area (TPSA) is 0 Å². The quantitative estimate of drug-likeness (QED) is 0.538. The van der Waals surface area contributed by atoms with Gasteiger partial charge >= 0.3 is 0 Å². The van der Waals surface area contributed by atoms with Crippen LogP contribution in [0.5, 0.6) is 0 Å². The average molecular weight is 350 g/mol. The van der Waals surface area contributed by atoms with Crippen molar-refractivity contribution in [2.75, 3.05) is 0 Å². The third-order valence-electron chi connectivity index (χ3n) is 7.61. The number of benzene rings is 1. The van der Waals surface area contributed by atoms with Gasteiger partial charge in [0, 0.05) is 0 Å². The van der Waals surface area contributed by atoms with Crippen molar-refractivity contribution < 1.29 is 13.2 Å². The third-order valence-corrected chi connectivity index (χ3v) is 7.61. The van der Waals surface area contributed by atoms with Crippen LogP contribution in [0.3, 0.4) is 0 Å². The molecular weight excluding hydrogens is 321 g/mol. The van der Waals surface area contributed by atoms with Gasteiger partial charge in [-0.15, -0.1) is 0 Å². The molecule has 0 spiro atoms. The monoisotopic (exact) mass is 350 g/mol. The molecule has 0 radical (unpaired) electrons. The van der Waals surface area contributed by atoms with E-state index in [2.05, 4.69) is 6.92 Å². The van der Waals surface area contributed by atoms with E-state index in [0.29, 0.717) is 29.4 Å². The van der Waals surface area contributed by atoms with Crippen LogP contribution in [0.25, 0.3) is 0 Å². The molecule has 0 saturated heterocycles. The van der Waals surface area contributed by atoms with Gasteiger partial charge in [0.15, 0.2) is 17.5 Å². The molecule has 0 aliphatic heterocycles. The lowest BCUT2D eigenvalue weighted by Crippen LogP contribution is -2.35. The molecule has 1 aromatic rings. The fourth-order valence-electron chi connectivity index (χ4n) is 6.07. The Labute approximate surface area is 149 Å². The SMILES string of the molecule is CCC1CCC2CC(C3CCc4c(cc(F)c(F)c4F)C3)CCC2C1. The summed E-state index contributed by atoms with van der Waals surface area (Å²) in [6.07, 6.45) is 11.6. The minimum atomic E-state index is -1.30. The van der Waals surface area contributed by atoms with E-state index in [-0.39, 0.29) is 0 Å². The summed E-state index contributed by atoms with van der Waals surface area (Å²) in [4.78, 5) is 0. The minimum absolute atomic E-state index is 0.423. The zero-order valence-electron chi connectivity index (χ0n) is 15.2. The van der Waals surface area contributed by atoms with Crippen molar-refractivity contribution >= 4 is 0 Å². The third kappa shape index (κ3) is 3.24. The second kappa shape index (κ2) is 6.96. The standard InChI is InChI=1S/C22H29F3/c1-2-13-3-4-15-10-16(6-5-14(15)9-13)17-7-8-19-18(11-17)12-20(23)22(25)21(19)24/h12-17H,2-11H2,1H3. The largest absolute Gasteiger partial charge is 0.204 e. The zero-order chi connectivity index (χ0) is 17.6. The predicted molar refractivity (Wildman–Crippen MR) is 93.8 cm³/mol. The number of halogens is 3. The Kier molecular flexibility index (Phi) is 4.85. The van der Waals surface area contributed by atoms with Gasteiger partial charge in [-0.2, -0.15) is 0 Å². The summed E-state index contributed by atoms with van der Waals surface area (Å²) in [5, 5.41) is 0. The average Bonchev–Trinajstić information content (AvgIpc) is 2.65. The summed E-state index contributed by atoms with van der Waals surface area (Å²) in [5.41, 5.74) is 1.14. The molecule has 2 fully saturated rings. The molecule has 2 saturated carbocycles. The van der Waals surface area contributed by atoms with E-state index in [1.807, 2.05) is 0 Å². The smallest absolute Gasteiger partial charge is 0.194 e. The highest BCUT2D eigenvalue weighted by atomic mass is 19.2. The van der Waals surface area contributed by atoms with Crippen LogP contribution in [-0.4, -0.2) is 0 Å². The van der Waals surface area contributed by atoms with Crippen LogP contribution in [0, 0.1) is 47.0 Å². The second-order valence-electron chi connectivity index (χ2n) is 8.81. The highest BCUT2D eigenvalue weighted by Gasteiger charge is 2.38. The first kappa shape index (κ1) is 17.4. The van der Waals surface area contributed by atoms with E-state index in [0.717, 1.165) is 30.6 Å². The molecule has 0 amide bonds. The van der Waals surface area contributed by atoms with E-state index in [9.17, 15) is 13.2 Å². The molecule has 3 heteroatoms. The fourth-order valence-corrected chi connectivity index (χ4v) is 6.07. The Morgan fingerprint density at radius 1 is 0.840 bits per heavy atom. The normalized spacial score (nSPS) is 35.1. The summed E-state index contributed by atoms with van der Waals surface area (Å²) in [6.45, 7) is 2.32. The van der Waals surface area contributed by atoms with Gasteiger partial charge < -0.3 is 0 Å². The van der Waals surface area contributed by atoms with Crippen molar-refractivity contribution in [2.24, 2.45) is 29.6 Å². The maximum Gasteiger partial charge on any atom is 0.194 e. The van der Waals surface area contributed by atoms with Gasteiger partial charge in [-0.25, -0.2) is 13.2 Å². The molecule has 4 rings (SSSR count). The van der Waals surface area contributed by atoms with Crippen LogP contribution < -0.4 is 0 Å². The van der Waals surface area contributed by atoms with Crippen LogP contribution in [0.4, 0.5) is 13.2 Å². The van der Waals surface area contributed by atoms with Gasteiger partial charge in [-0.3, -0.25) is 0 Å². The number of rotatable bonds is 2. The molecule has 0 bridgehead atoms. The van der Waals surface area contributed by atoms with E-state index in [1.54, 1.807) is 0 Å². The molecule has 3 aliphatic rings. The highest BCUT2D eigenvalue weighted by molar-refractivity contribution is 5.33. The zero-order valence-corrected chi connectivity index (χ0v) is 15.2. The maximum absolute atomic E-state index is 14.0. The second-order valence-corrected chi connectivity index (χ2v) is 8.81. The van der Waals surface area contributed by atoms with Crippen molar-refractivity contribution in [1.29, 1.82) is 0 Å². The van der Waals surface area contributed by atoms with Gasteiger partial charge in [0.25, 0.3) is 0 Å². The molecule has 0 aromatic heterocycles. The van der Waals surface area contributed by atoms with Crippen molar-refractivity contribution in [3.8, 4) is 0 Å². The first-order chi connectivity index (χ1) is 12.1. The van der Waals surface area contributed by atoms with Crippen molar-refractivity contribution in [3.63, 3.8) is 0 Å². The first-order valence-electron chi connectivity index (χ1n) is 10.2. The lowest BCUT2D eigenvalue weighted by molar-refractivity contribution is 0.0706. The summed E-state index contributed by atoms with van der Waals surface area (Å²) in [5.74, 6) is 0.629. The summed E-state index contributed by atoms with van der Waals surface area (Å²) in [6, 6.07) is 1.25. The molecule has 5 unspecified atom stereocenters. The number of fused-ring (bicyclic) bond motifs is 2. The summed E-state index contributed by atoms with van der Waals surface area (Å²) in [7, 11) is 0. The van der Waals surface area contributed by atoms with Gasteiger partial charge in [-0.05, 0) is 98.1 Å². The Hall–Kier alpha value is -0.990. The van der Waals surface area contributed by atoms with Gasteiger partial charge in [0.05, 0.1) is 0 Å². The Bertz CT molecular complexity index is 639. The highest BCUT2D eigenvalue weighted by Crippen LogP contribution is 2.49. The molecule has 3 aliphatic carbocycles. The predicted octanol–water partition coefficient (Wildman–Crippen LogP) is 6.45. The Morgan fingerprint density at radius 2 is 1.52 bits per heavy atom. The molecule has 0 nitrogen and oxygen atoms in total. The molecule has 0 heterocycles. The van der Waals surface area contributed by atoms with Crippen LogP contribution in [0.15, 0.2) is 6.07 Å². The van der Waals surface area contributed by atoms with Crippen LogP contribution in [0.1, 0.15) is 69.4 Å². The Morgan fingerprint density at radius 3 is 2.28 bits per heavy atom. The van der Waals surface area contributed by atoms with Crippen LogP contribution >= 0.6 is 0 Å². The van der Waals surface area contributed by atoms with Crippen molar-refractivity contribution in [3.05, 3.63) is 34.6 Å². The number of hydrogen-bond donors (Lipinski definition) is 0. The Balaban J connectivity index is 1.45. The van der Waals surface area contributed by atoms with E-state index >= 15 is 0 Å². The van der Waals surface area contributed by atoms with Crippen LogP contribution in [-0.2, 0) is 12.8 Å². The minimum Gasteiger partial charge on any atom is -0.204 e. The molecular formula is C22H29F3. The van der Waals surface area contributed by atoms with Crippen molar-refractivity contribution in [1.82, 2.24) is 0 Å². The summed E-state index contributed by atoms with van der Waals surface area (Å²) >= 11 is 0. The van der Waals surface area contributed by atoms with Crippen molar-refractivity contribution in [2.45, 2.75) is 71.1 Å². The fraction of sp³-hybridized carbons (Fsp3) is 0.727. The molecule has 138 valence electrons. The van der Waals surface area contributed by atoms with E-state index in [4.69, 9.17) is 0 Å². The van der Waals surface area contributed by atoms with E-state index in [1.165, 1.54) is 51.0 Å². The number of hydrogen-bond acceptors (Lipinski definition) is 0. The van der Waals surface area contributed by atoms with E-state index < -0.39 is 17.5 Å². The molecule has 0 N–H and O–H groups in total. The first-order valence-corrected chi connectivity index (χ1v) is 10.2. The molecule has 1 aromatic carbocycles. The lowest BCUT2D eigenvalue weighted by Gasteiger charge is -2.45.